The molecule has 17 heavy (non-hydrogen) atoms. The van der Waals surface area contributed by atoms with Crippen molar-refractivity contribution in [1.82, 2.24) is 9.88 Å². The van der Waals surface area contributed by atoms with Crippen molar-refractivity contribution in [3.8, 4) is 0 Å². The zero-order valence-corrected chi connectivity index (χ0v) is 10.3. The Morgan fingerprint density at radius 2 is 2.06 bits per heavy atom. The second-order valence-electron chi connectivity index (χ2n) is 4.81. The van der Waals surface area contributed by atoms with Crippen LogP contribution in [0.25, 0.3) is 0 Å². The molecule has 1 saturated heterocycles. The largest absolute Gasteiger partial charge is 0.356 e. The molecule has 1 aliphatic heterocycles. The Kier molecular flexibility index (Phi) is 3.31. The van der Waals surface area contributed by atoms with E-state index in [0.717, 1.165) is 19.1 Å². The van der Waals surface area contributed by atoms with E-state index < -0.39 is 0 Å². The van der Waals surface area contributed by atoms with Crippen LogP contribution in [0.15, 0.2) is 12.3 Å². The van der Waals surface area contributed by atoms with Gasteiger partial charge >= 0.3 is 0 Å². The van der Waals surface area contributed by atoms with Gasteiger partial charge in [0, 0.05) is 23.8 Å². The van der Waals surface area contributed by atoms with Crippen molar-refractivity contribution in [3.63, 3.8) is 0 Å². The van der Waals surface area contributed by atoms with Gasteiger partial charge in [0.15, 0.2) is 6.29 Å². The molecule has 0 aromatic carbocycles. The molecule has 4 heteroatoms. The number of rotatable bonds is 2. The SMILES string of the molecule is CC1CCCC(C)N1C(=O)c1cc(C=O)c[nH]1. The predicted molar refractivity (Wildman–Crippen MR) is 65.1 cm³/mol. The molecule has 0 bridgehead atoms. The fourth-order valence-corrected chi connectivity index (χ4v) is 2.56. The lowest BCUT2D eigenvalue weighted by atomic mass is 9.97. The van der Waals surface area contributed by atoms with Crippen LogP contribution in [-0.4, -0.2) is 34.2 Å². The smallest absolute Gasteiger partial charge is 0.270 e. The molecule has 1 aliphatic rings. The average Bonchev–Trinajstić information content (AvgIpc) is 2.77. The van der Waals surface area contributed by atoms with Crippen molar-refractivity contribution in [2.75, 3.05) is 0 Å². The Hall–Kier alpha value is -1.58. The summed E-state index contributed by atoms with van der Waals surface area (Å²) in [5.41, 5.74) is 1.03. The first-order valence-electron chi connectivity index (χ1n) is 6.09. The number of carbonyl (C=O) groups excluding carboxylic acids is 2. The number of hydrogen-bond donors (Lipinski definition) is 1. The van der Waals surface area contributed by atoms with Gasteiger partial charge in [-0.1, -0.05) is 0 Å². The number of amides is 1. The zero-order valence-electron chi connectivity index (χ0n) is 10.3. The van der Waals surface area contributed by atoms with E-state index in [9.17, 15) is 9.59 Å². The fourth-order valence-electron chi connectivity index (χ4n) is 2.56. The number of nitrogens with one attached hydrogen (secondary N) is 1. The molecule has 1 amide bonds. The molecule has 1 aromatic rings. The van der Waals surface area contributed by atoms with Gasteiger partial charge in [-0.15, -0.1) is 0 Å². The lowest BCUT2D eigenvalue weighted by Gasteiger charge is -2.38. The molecule has 4 nitrogen and oxygen atoms in total. The monoisotopic (exact) mass is 234 g/mol. The fraction of sp³-hybridized carbons (Fsp3) is 0.538. The summed E-state index contributed by atoms with van der Waals surface area (Å²) in [6, 6.07) is 2.16. The van der Waals surface area contributed by atoms with E-state index in [1.807, 2.05) is 4.90 Å². The quantitative estimate of drug-likeness (QED) is 0.798. The summed E-state index contributed by atoms with van der Waals surface area (Å²) in [6.45, 7) is 4.16. The zero-order chi connectivity index (χ0) is 12.4. The molecule has 1 N–H and O–H groups in total. The molecule has 2 atom stereocenters. The lowest BCUT2D eigenvalue weighted by Crippen LogP contribution is -2.47. The molecule has 1 fully saturated rings. The van der Waals surface area contributed by atoms with Crippen LogP contribution in [-0.2, 0) is 0 Å². The maximum absolute atomic E-state index is 12.3. The van der Waals surface area contributed by atoms with Crippen molar-refractivity contribution in [1.29, 1.82) is 0 Å². The standard InChI is InChI=1S/C13H18N2O2/c1-9-4-3-5-10(2)15(9)13(17)12-6-11(8-16)7-14-12/h6-10,14H,3-5H2,1-2H3. The maximum Gasteiger partial charge on any atom is 0.270 e. The van der Waals surface area contributed by atoms with Gasteiger partial charge in [0.25, 0.3) is 5.91 Å². The second kappa shape index (κ2) is 4.73. The van der Waals surface area contributed by atoms with Gasteiger partial charge < -0.3 is 9.88 Å². The summed E-state index contributed by atoms with van der Waals surface area (Å²) in [5, 5.41) is 0. The third-order valence-electron chi connectivity index (χ3n) is 3.50. The Balaban J connectivity index is 2.20. The summed E-state index contributed by atoms with van der Waals surface area (Å²) in [7, 11) is 0. The van der Waals surface area contributed by atoms with Crippen LogP contribution in [0.2, 0.25) is 0 Å². The average molecular weight is 234 g/mol. The van der Waals surface area contributed by atoms with Crippen molar-refractivity contribution in [2.24, 2.45) is 0 Å². The van der Waals surface area contributed by atoms with Crippen LogP contribution in [0, 0.1) is 0 Å². The molecule has 2 unspecified atom stereocenters. The second-order valence-corrected chi connectivity index (χ2v) is 4.81. The topological polar surface area (TPSA) is 53.2 Å². The van der Waals surface area contributed by atoms with Crippen molar-refractivity contribution in [2.45, 2.75) is 45.2 Å². The highest BCUT2D eigenvalue weighted by Crippen LogP contribution is 2.24. The molecule has 0 spiro atoms. The number of likely N-dealkylation sites (tertiary alicyclic amines) is 1. The molecule has 0 aliphatic carbocycles. The molecule has 2 heterocycles. The van der Waals surface area contributed by atoms with E-state index >= 15 is 0 Å². The van der Waals surface area contributed by atoms with E-state index in [4.69, 9.17) is 0 Å². The molecule has 1 aromatic heterocycles. The summed E-state index contributed by atoms with van der Waals surface area (Å²) in [6.07, 6.45) is 5.60. The normalized spacial score (nSPS) is 24.7. The number of aromatic nitrogens is 1. The molecule has 2 rings (SSSR count). The minimum atomic E-state index is -0.00204. The lowest BCUT2D eigenvalue weighted by molar-refractivity contribution is 0.0505. The Morgan fingerprint density at radius 3 is 2.59 bits per heavy atom. The summed E-state index contributed by atoms with van der Waals surface area (Å²) >= 11 is 0. The summed E-state index contributed by atoms with van der Waals surface area (Å²) in [4.78, 5) is 27.7. The van der Waals surface area contributed by atoms with Gasteiger partial charge in [0.2, 0.25) is 0 Å². The maximum atomic E-state index is 12.3. The first kappa shape index (κ1) is 11.9. The first-order valence-corrected chi connectivity index (χ1v) is 6.09. The van der Waals surface area contributed by atoms with Gasteiger partial charge in [0.05, 0.1) is 0 Å². The highest BCUT2D eigenvalue weighted by molar-refractivity contribution is 5.94. The predicted octanol–water partition coefficient (Wildman–Crippen LogP) is 2.23. The molecular weight excluding hydrogens is 216 g/mol. The number of piperidine rings is 1. The van der Waals surface area contributed by atoms with E-state index in [1.165, 1.54) is 6.42 Å². The van der Waals surface area contributed by atoms with Crippen molar-refractivity contribution >= 4 is 12.2 Å². The number of carbonyl (C=O) groups is 2. The minimum Gasteiger partial charge on any atom is -0.356 e. The number of nitrogens with zero attached hydrogens (tertiary/aromatic N) is 1. The molecule has 0 radical (unpaired) electrons. The third kappa shape index (κ3) is 2.25. The minimum absolute atomic E-state index is 0.00204. The van der Waals surface area contributed by atoms with Gasteiger partial charge in [-0.3, -0.25) is 9.59 Å². The van der Waals surface area contributed by atoms with Crippen LogP contribution in [0.4, 0.5) is 0 Å². The van der Waals surface area contributed by atoms with E-state index in [-0.39, 0.29) is 18.0 Å². The molecular formula is C13H18N2O2. The van der Waals surface area contributed by atoms with Gasteiger partial charge in [0.1, 0.15) is 5.69 Å². The third-order valence-corrected chi connectivity index (χ3v) is 3.50. The number of aldehydes is 1. The van der Waals surface area contributed by atoms with Crippen LogP contribution >= 0.6 is 0 Å². The van der Waals surface area contributed by atoms with Crippen LogP contribution in [0.1, 0.15) is 54.0 Å². The van der Waals surface area contributed by atoms with Gasteiger partial charge in [-0.25, -0.2) is 0 Å². The highest BCUT2D eigenvalue weighted by atomic mass is 16.2. The van der Waals surface area contributed by atoms with Gasteiger partial charge in [-0.2, -0.15) is 0 Å². The summed E-state index contributed by atoms with van der Waals surface area (Å²) < 4.78 is 0. The Bertz CT molecular complexity index is 415. The number of aromatic amines is 1. The van der Waals surface area contributed by atoms with Crippen molar-refractivity contribution in [3.05, 3.63) is 23.5 Å². The Morgan fingerprint density at radius 1 is 1.41 bits per heavy atom. The highest BCUT2D eigenvalue weighted by Gasteiger charge is 2.30. The molecule has 0 saturated carbocycles. The van der Waals surface area contributed by atoms with Crippen LogP contribution in [0.3, 0.4) is 0 Å². The van der Waals surface area contributed by atoms with E-state index in [0.29, 0.717) is 11.3 Å². The number of hydrogen-bond acceptors (Lipinski definition) is 2. The molecule has 92 valence electrons. The summed E-state index contributed by atoms with van der Waals surface area (Å²) in [5.74, 6) is -0.00204. The van der Waals surface area contributed by atoms with E-state index in [1.54, 1.807) is 12.3 Å². The number of H-pyrrole nitrogens is 1. The van der Waals surface area contributed by atoms with Crippen molar-refractivity contribution < 1.29 is 9.59 Å². The first-order chi connectivity index (χ1) is 8.13. The van der Waals surface area contributed by atoms with Crippen LogP contribution in [0.5, 0.6) is 0 Å². The van der Waals surface area contributed by atoms with Gasteiger partial charge in [-0.05, 0) is 39.2 Å². The van der Waals surface area contributed by atoms with Crippen LogP contribution < -0.4 is 0 Å². The van der Waals surface area contributed by atoms with E-state index in [2.05, 4.69) is 18.8 Å². The Labute approximate surface area is 101 Å².